The molecule has 0 amide bonds. The van der Waals surface area contributed by atoms with Crippen molar-refractivity contribution in [1.82, 2.24) is 5.32 Å². The van der Waals surface area contributed by atoms with E-state index in [0.717, 1.165) is 25.3 Å². The second-order valence-corrected chi connectivity index (χ2v) is 6.43. The zero-order valence-corrected chi connectivity index (χ0v) is 13.5. The monoisotopic (exact) mass is 331 g/mol. The number of nitrogens with one attached hydrogen (secondary N) is 1. The minimum absolute atomic E-state index is 0.0331. The van der Waals surface area contributed by atoms with Crippen molar-refractivity contribution in [3.63, 3.8) is 0 Å². The maximum atomic E-state index is 12.9. The van der Waals surface area contributed by atoms with Crippen molar-refractivity contribution >= 4 is 0 Å². The fourth-order valence-corrected chi connectivity index (χ4v) is 2.77. The van der Waals surface area contributed by atoms with E-state index in [9.17, 15) is 18.3 Å². The van der Waals surface area contributed by atoms with Crippen molar-refractivity contribution in [2.75, 3.05) is 13.2 Å². The van der Waals surface area contributed by atoms with Crippen LogP contribution in [0.3, 0.4) is 0 Å². The van der Waals surface area contributed by atoms with Crippen LogP contribution in [-0.4, -0.2) is 30.5 Å². The Balaban J connectivity index is 2.03. The van der Waals surface area contributed by atoms with Crippen LogP contribution in [-0.2, 0) is 16.5 Å². The second-order valence-electron chi connectivity index (χ2n) is 6.43. The third kappa shape index (κ3) is 4.68. The highest BCUT2D eigenvalue weighted by molar-refractivity contribution is 5.33. The van der Waals surface area contributed by atoms with Gasteiger partial charge in [-0.15, -0.1) is 0 Å². The Kier molecular flexibility index (Phi) is 5.70. The molecule has 1 atom stereocenters. The number of aliphatic hydroxyl groups is 1. The van der Waals surface area contributed by atoms with Gasteiger partial charge in [-0.05, 0) is 50.8 Å². The number of alkyl halides is 3. The number of halogens is 3. The molecule has 0 bridgehead atoms. The van der Waals surface area contributed by atoms with E-state index in [1.807, 2.05) is 13.8 Å². The van der Waals surface area contributed by atoms with Gasteiger partial charge in [0, 0.05) is 12.1 Å². The Morgan fingerprint density at radius 1 is 1.30 bits per heavy atom. The average Bonchev–Trinajstić information content (AvgIpc) is 2.43. The zero-order valence-electron chi connectivity index (χ0n) is 13.5. The van der Waals surface area contributed by atoms with Gasteiger partial charge in [-0.1, -0.05) is 12.1 Å². The highest BCUT2D eigenvalue weighted by Gasteiger charge is 2.40. The maximum absolute atomic E-state index is 12.9. The van der Waals surface area contributed by atoms with Crippen molar-refractivity contribution in [2.24, 2.45) is 0 Å². The lowest BCUT2D eigenvalue weighted by Crippen LogP contribution is -2.51. The summed E-state index contributed by atoms with van der Waals surface area (Å²) in [5.74, 6) is 0. The molecule has 1 unspecified atom stereocenters. The summed E-state index contributed by atoms with van der Waals surface area (Å²) in [7, 11) is 0. The normalized spacial score (nSPS) is 18.7. The smallest absolute Gasteiger partial charge is 0.389 e. The highest BCUT2D eigenvalue weighted by atomic mass is 19.4. The van der Waals surface area contributed by atoms with Gasteiger partial charge >= 0.3 is 6.18 Å². The van der Waals surface area contributed by atoms with Crippen molar-refractivity contribution in [3.8, 4) is 0 Å². The molecule has 0 saturated heterocycles. The molecule has 0 aromatic heterocycles. The van der Waals surface area contributed by atoms with Crippen LogP contribution in [0.4, 0.5) is 13.2 Å². The van der Waals surface area contributed by atoms with Gasteiger partial charge < -0.3 is 15.2 Å². The molecule has 0 heterocycles. The maximum Gasteiger partial charge on any atom is 0.416 e. The van der Waals surface area contributed by atoms with Crippen LogP contribution in [0.2, 0.25) is 0 Å². The molecule has 0 aliphatic heterocycles. The topological polar surface area (TPSA) is 41.5 Å². The van der Waals surface area contributed by atoms with Crippen molar-refractivity contribution in [1.29, 1.82) is 0 Å². The summed E-state index contributed by atoms with van der Waals surface area (Å²) >= 11 is 0. The number of ether oxygens (including phenoxy) is 1. The summed E-state index contributed by atoms with van der Waals surface area (Å²) in [6, 6.07) is 5.46. The molecule has 0 spiro atoms. The molecule has 3 nitrogen and oxygen atoms in total. The van der Waals surface area contributed by atoms with Gasteiger partial charge in [-0.25, -0.2) is 0 Å². The number of benzene rings is 1. The quantitative estimate of drug-likeness (QED) is 0.804. The molecule has 1 aromatic carbocycles. The summed E-state index contributed by atoms with van der Waals surface area (Å²) < 4.78 is 44.0. The first-order chi connectivity index (χ1) is 10.7. The van der Waals surface area contributed by atoms with Gasteiger partial charge in [0.1, 0.15) is 0 Å². The Labute approximate surface area is 134 Å². The van der Waals surface area contributed by atoms with Gasteiger partial charge in [0.15, 0.2) is 0 Å². The van der Waals surface area contributed by atoms with E-state index in [1.54, 1.807) is 6.07 Å². The molecule has 1 aromatic rings. The third-order valence-corrected chi connectivity index (χ3v) is 4.25. The predicted molar refractivity (Wildman–Crippen MR) is 82.1 cm³/mol. The predicted octanol–water partition coefficient (Wildman–Crippen LogP) is 3.46. The van der Waals surface area contributed by atoms with E-state index < -0.39 is 23.4 Å². The largest absolute Gasteiger partial charge is 0.416 e. The van der Waals surface area contributed by atoms with Crippen molar-refractivity contribution in [3.05, 3.63) is 35.4 Å². The lowest BCUT2D eigenvalue weighted by molar-refractivity contribution is -0.137. The van der Waals surface area contributed by atoms with Crippen LogP contribution >= 0.6 is 0 Å². The fraction of sp³-hybridized carbons (Fsp3) is 0.647. The minimum atomic E-state index is -4.34. The summed E-state index contributed by atoms with van der Waals surface area (Å²) in [5.41, 5.74) is -0.470. The number of hydrogen-bond acceptors (Lipinski definition) is 3. The van der Waals surface area contributed by atoms with Crippen LogP contribution in [0.5, 0.6) is 0 Å². The van der Waals surface area contributed by atoms with E-state index >= 15 is 0 Å². The van der Waals surface area contributed by atoms with Crippen LogP contribution in [0.1, 0.15) is 44.2 Å². The van der Waals surface area contributed by atoms with Crippen LogP contribution < -0.4 is 5.32 Å². The van der Waals surface area contributed by atoms with E-state index in [4.69, 9.17) is 4.74 Å². The first kappa shape index (κ1) is 18.2. The van der Waals surface area contributed by atoms with E-state index in [-0.39, 0.29) is 12.7 Å². The molecular formula is C17H24F3NO2. The van der Waals surface area contributed by atoms with Crippen LogP contribution in [0, 0.1) is 0 Å². The highest BCUT2D eigenvalue weighted by Crippen LogP contribution is 2.42. The second kappa shape index (κ2) is 7.20. The lowest BCUT2D eigenvalue weighted by atomic mass is 9.71. The van der Waals surface area contributed by atoms with Crippen molar-refractivity contribution in [2.45, 2.75) is 57.0 Å². The Morgan fingerprint density at radius 3 is 2.52 bits per heavy atom. The van der Waals surface area contributed by atoms with Gasteiger partial charge in [0.05, 0.1) is 24.4 Å². The summed E-state index contributed by atoms with van der Waals surface area (Å²) in [5, 5.41) is 13.2. The Hall–Kier alpha value is -1.11. The van der Waals surface area contributed by atoms with E-state index in [1.165, 1.54) is 12.1 Å². The SMILES string of the molecule is CC(C)OCC(O)CNC1(c2cccc(C(F)(F)F)c2)CCC1. The first-order valence-electron chi connectivity index (χ1n) is 7.95. The zero-order chi connectivity index (χ0) is 17.1. The number of rotatable bonds is 7. The fourth-order valence-electron chi connectivity index (χ4n) is 2.77. The molecule has 130 valence electrons. The molecule has 1 aliphatic carbocycles. The van der Waals surface area contributed by atoms with Crippen LogP contribution in [0.25, 0.3) is 0 Å². The van der Waals surface area contributed by atoms with Gasteiger partial charge in [-0.2, -0.15) is 13.2 Å². The van der Waals surface area contributed by atoms with Gasteiger partial charge in [0.2, 0.25) is 0 Å². The van der Waals surface area contributed by atoms with Gasteiger partial charge in [-0.3, -0.25) is 0 Å². The molecule has 1 saturated carbocycles. The summed E-state index contributed by atoms with van der Waals surface area (Å²) in [6.07, 6.45) is -2.49. The minimum Gasteiger partial charge on any atom is -0.389 e. The molecule has 2 rings (SSSR count). The van der Waals surface area contributed by atoms with E-state index in [0.29, 0.717) is 12.1 Å². The molecule has 2 N–H and O–H groups in total. The van der Waals surface area contributed by atoms with E-state index in [2.05, 4.69) is 5.32 Å². The van der Waals surface area contributed by atoms with Crippen LogP contribution in [0.15, 0.2) is 24.3 Å². The molecule has 1 fully saturated rings. The van der Waals surface area contributed by atoms with Gasteiger partial charge in [0.25, 0.3) is 0 Å². The number of aliphatic hydroxyl groups excluding tert-OH is 1. The summed E-state index contributed by atoms with van der Waals surface area (Å²) in [4.78, 5) is 0. The molecule has 0 radical (unpaired) electrons. The molecule has 23 heavy (non-hydrogen) atoms. The summed E-state index contributed by atoms with van der Waals surface area (Å²) in [6.45, 7) is 4.28. The molecule has 6 heteroatoms. The first-order valence-corrected chi connectivity index (χ1v) is 7.95. The molecular weight excluding hydrogens is 307 g/mol. The number of hydrogen-bond donors (Lipinski definition) is 2. The Bertz CT molecular complexity index is 513. The standard InChI is InChI=1S/C17H24F3NO2/c1-12(2)23-11-15(22)10-21-16(7-4-8-16)13-5-3-6-14(9-13)17(18,19)20/h3,5-6,9,12,15,21-22H,4,7-8,10-11H2,1-2H3. The van der Waals surface area contributed by atoms with Crippen molar-refractivity contribution < 1.29 is 23.0 Å². The Morgan fingerprint density at radius 2 is 2.00 bits per heavy atom. The average molecular weight is 331 g/mol. The third-order valence-electron chi connectivity index (χ3n) is 4.25. The molecule has 1 aliphatic rings. The lowest BCUT2D eigenvalue weighted by Gasteiger charge is -2.44.